The highest BCUT2D eigenvalue weighted by Crippen LogP contribution is 2.19. The van der Waals surface area contributed by atoms with Crippen LogP contribution in [-0.2, 0) is 0 Å². The van der Waals surface area contributed by atoms with Crippen molar-refractivity contribution in [3.05, 3.63) is 42.2 Å². The highest BCUT2D eigenvalue weighted by atomic mass is 16.6. The minimum atomic E-state index is -0.527. The Morgan fingerprint density at radius 1 is 1.33 bits per heavy atom. The molecule has 0 saturated carbocycles. The largest absolute Gasteiger partial charge is 0.379 e. The summed E-state index contributed by atoms with van der Waals surface area (Å²) in [6, 6.07) is 3.42. The van der Waals surface area contributed by atoms with Crippen LogP contribution in [0.4, 0.5) is 11.5 Å². The summed E-state index contributed by atoms with van der Waals surface area (Å²) in [5.74, 6) is 0.681. The molecule has 3 heterocycles. The van der Waals surface area contributed by atoms with E-state index < -0.39 is 5.91 Å². The maximum Gasteiger partial charge on any atom is 0.281 e. The Kier molecular flexibility index (Phi) is 3.07. The van der Waals surface area contributed by atoms with Gasteiger partial charge in [0.05, 0.1) is 5.69 Å². The lowest BCUT2D eigenvalue weighted by Crippen LogP contribution is -2.16. The van der Waals surface area contributed by atoms with E-state index >= 15 is 0 Å². The van der Waals surface area contributed by atoms with Crippen LogP contribution in [0.3, 0.4) is 0 Å². The fourth-order valence-electron chi connectivity index (χ4n) is 1.82. The number of anilines is 2. The SMILES string of the molecule is Cc1nccn1-c1ncccc1NC(=O)c1nonc1N. The standard InChI is InChI=1S/C12H11N7O2/c1-7-14-5-6-19(7)11-8(3-2-4-15-11)16-12(20)9-10(13)18-21-17-9/h2-6H,1H3,(H2,13,18)(H,16,20). The summed E-state index contributed by atoms with van der Waals surface area (Å²) in [6.45, 7) is 1.83. The summed E-state index contributed by atoms with van der Waals surface area (Å²) in [5.41, 5.74) is 5.91. The molecule has 9 nitrogen and oxygen atoms in total. The Balaban J connectivity index is 1.95. The minimum Gasteiger partial charge on any atom is -0.379 e. The first kappa shape index (κ1) is 12.8. The van der Waals surface area contributed by atoms with Gasteiger partial charge in [0.1, 0.15) is 5.82 Å². The third-order valence-corrected chi connectivity index (χ3v) is 2.82. The van der Waals surface area contributed by atoms with Gasteiger partial charge in [0.2, 0.25) is 11.5 Å². The van der Waals surface area contributed by atoms with Crippen LogP contribution < -0.4 is 11.1 Å². The molecule has 0 atom stereocenters. The van der Waals surface area contributed by atoms with Crippen molar-refractivity contribution in [3.63, 3.8) is 0 Å². The van der Waals surface area contributed by atoms with Crippen molar-refractivity contribution in [2.75, 3.05) is 11.1 Å². The summed E-state index contributed by atoms with van der Waals surface area (Å²) < 4.78 is 6.16. The Morgan fingerprint density at radius 3 is 2.86 bits per heavy atom. The predicted molar refractivity (Wildman–Crippen MR) is 72.8 cm³/mol. The first-order chi connectivity index (χ1) is 10.2. The van der Waals surface area contributed by atoms with Gasteiger partial charge < -0.3 is 11.1 Å². The van der Waals surface area contributed by atoms with Gasteiger partial charge in [-0.15, -0.1) is 0 Å². The Bertz CT molecular complexity index is 792. The molecular weight excluding hydrogens is 274 g/mol. The fraction of sp³-hybridized carbons (Fsp3) is 0.0833. The van der Waals surface area contributed by atoms with Gasteiger partial charge in [-0.1, -0.05) is 0 Å². The molecule has 0 radical (unpaired) electrons. The molecule has 0 saturated heterocycles. The third-order valence-electron chi connectivity index (χ3n) is 2.82. The van der Waals surface area contributed by atoms with Crippen molar-refractivity contribution in [2.45, 2.75) is 6.92 Å². The van der Waals surface area contributed by atoms with Gasteiger partial charge in [-0.25, -0.2) is 14.6 Å². The second-order valence-corrected chi connectivity index (χ2v) is 4.17. The zero-order valence-electron chi connectivity index (χ0n) is 11.0. The monoisotopic (exact) mass is 285 g/mol. The second kappa shape index (κ2) is 5.04. The maximum absolute atomic E-state index is 12.1. The number of pyridine rings is 1. The first-order valence-electron chi connectivity index (χ1n) is 6.01. The van der Waals surface area contributed by atoms with Gasteiger partial charge in [-0.05, 0) is 29.4 Å². The lowest BCUT2D eigenvalue weighted by atomic mass is 10.3. The molecule has 1 amide bonds. The number of nitrogens with two attached hydrogens (primary N) is 1. The summed E-state index contributed by atoms with van der Waals surface area (Å²) in [5, 5.41) is 9.50. The first-order valence-corrected chi connectivity index (χ1v) is 6.01. The van der Waals surface area contributed by atoms with Crippen LogP contribution in [0.25, 0.3) is 5.82 Å². The molecular formula is C12H11N7O2. The van der Waals surface area contributed by atoms with Crippen molar-refractivity contribution < 1.29 is 9.42 Å². The van der Waals surface area contributed by atoms with E-state index in [1.54, 1.807) is 35.3 Å². The number of amides is 1. The number of hydrogen-bond acceptors (Lipinski definition) is 7. The number of carbonyl (C=O) groups is 1. The molecule has 0 aromatic carbocycles. The van der Waals surface area contributed by atoms with E-state index in [-0.39, 0.29) is 11.5 Å². The van der Waals surface area contributed by atoms with Crippen molar-refractivity contribution in [1.82, 2.24) is 24.8 Å². The molecule has 0 spiro atoms. The van der Waals surface area contributed by atoms with Crippen molar-refractivity contribution >= 4 is 17.4 Å². The van der Waals surface area contributed by atoms with Crippen LogP contribution in [0.1, 0.15) is 16.3 Å². The Labute approximate surface area is 118 Å². The molecule has 9 heteroatoms. The summed E-state index contributed by atoms with van der Waals surface area (Å²) in [6.07, 6.45) is 5.02. The van der Waals surface area contributed by atoms with Gasteiger partial charge in [-0.2, -0.15) is 0 Å². The van der Waals surface area contributed by atoms with Crippen LogP contribution in [0.15, 0.2) is 35.4 Å². The highest BCUT2D eigenvalue weighted by Gasteiger charge is 2.18. The molecule has 3 aromatic rings. The van der Waals surface area contributed by atoms with Crippen LogP contribution in [0.5, 0.6) is 0 Å². The van der Waals surface area contributed by atoms with Gasteiger partial charge in [0.15, 0.2) is 5.82 Å². The lowest BCUT2D eigenvalue weighted by molar-refractivity contribution is 0.101. The van der Waals surface area contributed by atoms with E-state index in [0.29, 0.717) is 11.5 Å². The molecule has 0 aliphatic rings. The van der Waals surface area contributed by atoms with E-state index in [1.165, 1.54) is 0 Å². The molecule has 0 fully saturated rings. The molecule has 21 heavy (non-hydrogen) atoms. The molecule has 0 aliphatic heterocycles. The third kappa shape index (κ3) is 2.31. The number of nitrogens with one attached hydrogen (secondary N) is 1. The number of imidazole rings is 1. The summed E-state index contributed by atoms with van der Waals surface area (Å²) in [7, 11) is 0. The molecule has 3 N–H and O–H groups in total. The Hall–Kier alpha value is -3.23. The van der Waals surface area contributed by atoms with E-state index in [1.807, 2.05) is 6.92 Å². The van der Waals surface area contributed by atoms with E-state index in [2.05, 4.69) is 30.2 Å². The molecule has 0 unspecified atom stereocenters. The average molecular weight is 285 g/mol. The zero-order chi connectivity index (χ0) is 14.8. The number of aryl methyl sites for hydroxylation is 1. The number of rotatable bonds is 3. The molecule has 3 rings (SSSR count). The van der Waals surface area contributed by atoms with Gasteiger partial charge in [0.25, 0.3) is 5.91 Å². The van der Waals surface area contributed by atoms with Crippen LogP contribution in [0, 0.1) is 6.92 Å². The smallest absolute Gasteiger partial charge is 0.281 e. The zero-order valence-corrected chi connectivity index (χ0v) is 11.0. The molecule has 0 bridgehead atoms. The maximum atomic E-state index is 12.1. The van der Waals surface area contributed by atoms with Gasteiger partial charge in [-0.3, -0.25) is 9.36 Å². The van der Waals surface area contributed by atoms with Crippen molar-refractivity contribution in [3.8, 4) is 5.82 Å². The highest BCUT2D eigenvalue weighted by molar-refractivity contribution is 6.06. The van der Waals surface area contributed by atoms with E-state index in [4.69, 9.17) is 5.73 Å². The number of aromatic nitrogens is 5. The van der Waals surface area contributed by atoms with Gasteiger partial charge >= 0.3 is 0 Å². The Morgan fingerprint density at radius 2 is 2.19 bits per heavy atom. The topological polar surface area (TPSA) is 125 Å². The molecule has 3 aromatic heterocycles. The number of nitrogen functional groups attached to an aromatic ring is 1. The summed E-state index contributed by atoms with van der Waals surface area (Å²) in [4.78, 5) is 20.5. The minimum absolute atomic E-state index is 0.0725. The predicted octanol–water partition coefficient (Wildman–Crippen LogP) is 0.793. The lowest BCUT2D eigenvalue weighted by Gasteiger charge is -2.10. The van der Waals surface area contributed by atoms with Crippen LogP contribution >= 0.6 is 0 Å². The average Bonchev–Trinajstić information content (AvgIpc) is 3.08. The van der Waals surface area contributed by atoms with Crippen LogP contribution in [-0.4, -0.2) is 30.8 Å². The number of carbonyl (C=O) groups excluding carboxylic acids is 1. The number of hydrogen-bond donors (Lipinski definition) is 2. The van der Waals surface area contributed by atoms with Crippen molar-refractivity contribution in [2.24, 2.45) is 0 Å². The second-order valence-electron chi connectivity index (χ2n) is 4.17. The normalized spacial score (nSPS) is 10.5. The quantitative estimate of drug-likeness (QED) is 0.728. The van der Waals surface area contributed by atoms with Gasteiger partial charge in [0, 0.05) is 18.6 Å². The van der Waals surface area contributed by atoms with Crippen LogP contribution in [0.2, 0.25) is 0 Å². The fourth-order valence-corrected chi connectivity index (χ4v) is 1.82. The number of nitrogens with zero attached hydrogens (tertiary/aromatic N) is 5. The van der Waals surface area contributed by atoms with E-state index in [9.17, 15) is 4.79 Å². The van der Waals surface area contributed by atoms with E-state index in [0.717, 1.165) is 5.82 Å². The summed E-state index contributed by atoms with van der Waals surface area (Å²) >= 11 is 0. The molecule has 106 valence electrons. The molecule has 0 aliphatic carbocycles. The van der Waals surface area contributed by atoms with Crippen molar-refractivity contribution in [1.29, 1.82) is 0 Å².